The monoisotopic (exact) mass is 477 g/mol. The maximum absolute atomic E-state index is 13.2. The molecule has 1 amide bonds. The van der Waals surface area contributed by atoms with E-state index in [4.69, 9.17) is 14.6 Å². The molecule has 0 fully saturated rings. The number of aryl methyl sites for hydroxylation is 1. The number of carbonyl (C=O) groups excluding carboxylic acids is 1. The standard InChI is InChI=1S/C25H27N5O3S/c1-25(2,3)13-26-24(31)22-18-11-33-21-9-20(32-5)16(19-10-29(4)14-27-19)8-17(21)23(18)30(28-22)15-6-7-34-12-15/h6-10,12,14H,11,13H2,1-5H3,(H,26,31). The molecule has 4 heterocycles. The summed E-state index contributed by atoms with van der Waals surface area (Å²) in [6.07, 6.45) is 3.69. The lowest BCUT2D eigenvalue weighted by molar-refractivity contribution is 0.0931. The number of carbonyl (C=O) groups is 1. The Morgan fingerprint density at radius 3 is 2.76 bits per heavy atom. The van der Waals surface area contributed by atoms with E-state index in [9.17, 15) is 4.79 Å². The molecule has 0 unspecified atom stereocenters. The molecule has 1 N–H and O–H groups in total. The van der Waals surface area contributed by atoms with Crippen LogP contribution in [0.1, 0.15) is 36.8 Å². The van der Waals surface area contributed by atoms with Crippen LogP contribution in [0.5, 0.6) is 11.5 Å². The third kappa shape index (κ3) is 3.96. The van der Waals surface area contributed by atoms with Gasteiger partial charge < -0.3 is 19.4 Å². The highest BCUT2D eigenvalue weighted by atomic mass is 32.1. The molecular weight excluding hydrogens is 450 g/mol. The van der Waals surface area contributed by atoms with Gasteiger partial charge in [0.2, 0.25) is 0 Å². The summed E-state index contributed by atoms with van der Waals surface area (Å²) in [5, 5.41) is 11.8. The largest absolute Gasteiger partial charge is 0.496 e. The molecule has 0 saturated heterocycles. The van der Waals surface area contributed by atoms with Gasteiger partial charge in [-0.05, 0) is 22.9 Å². The Labute approximate surface area is 202 Å². The number of nitrogens with one attached hydrogen (secondary N) is 1. The summed E-state index contributed by atoms with van der Waals surface area (Å²) in [7, 11) is 3.56. The number of rotatable bonds is 5. The van der Waals surface area contributed by atoms with Gasteiger partial charge in [0.25, 0.3) is 5.91 Å². The van der Waals surface area contributed by atoms with Gasteiger partial charge in [0.15, 0.2) is 5.69 Å². The van der Waals surface area contributed by atoms with Crippen LogP contribution in [0.2, 0.25) is 0 Å². The minimum atomic E-state index is -0.203. The van der Waals surface area contributed by atoms with Crippen molar-refractivity contribution in [3.05, 3.63) is 52.7 Å². The minimum absolute atomic E-state index is 0.0388. The molecule has 1 aliphatic rings. The first-order valence-electron chi connectivity index (χ1n) is 11.0. The van der Waals surface area contributed by atoms with Crippen LogP contribution in [0.25, 0.3) is 28.2 Å². The molecule has 3 aromatic heterocycles. The zero-order chi connectivity index (χ0) is 24.0. The molecule has 1 aliphatic heterocycles. The summed E-state index contributed by atoms with van der Waals surface area (Å²) in [6, 6.07) is 5.88. The maximum Gasteiger partial charge on any atom is 0.272 e. The number of aromatic nitrogens is 4. The van der Waals surface area contributed by atoms with Gasteiger partial charge in [-0.2, -0.15) is 16.4 Å². The second kappa shape index (κ2) is 8.32. The number of thiophene rings is 1. The number of benzene rings is 1. The van der Waals surface area contributed by atoms with Crippen molar-refractivity contribution in [1.82, 2.24) is 24.6 Å². The van der Waals surface area contributed by atoms with Crippen molar-refractivity contribution in [3.8, 4) is 39.7 Å². The number of nitrogens with zero attached hydrogens (tertiary/aromatic N) is 4. The van der Waals surface area contributed by atoms with Crippen LogP contribution >= 0.6 is 11.3 Å². The SMILES string of the molecule is COc1cc2c(cc1-c1cn(C)cn1)-c1c(c(C(=O)NCC(C)(C)C)nn1-c1ccsc1)CO2. The van der Waals surface area contributed by atoms with E-state index in [0.717, 1.165) is 33.8 Å². The van der Waals surface area contributed by atoms with Crippen molar-refractivity contribution in [2.75, 3.05) is 13.7 Å². The van der Waals surface area contributed by atoms with Crippen LogP contribution in [0.4, 0.5) is 0 Å². The summed E-state index contributed by atoms with van der Waals surface area (Å²) in [5.74, 6) is 1.15. The van der Waals surface area contributed by atoms with E-state index in [-0.39, 0.29) is 17.9 Å². The second-order valence-electron chi connectivity index (χ2n) is 9.57. The number of ether oxygens (including phenoxy) is 2. The first-order valence-corrected chi connectivity index (χ1v) is 12.0. The molecule has 0 saturated carbocycles. The summed E-state index contributed by atoms with van der Waals surface area (Å²) in [4.78, 5) is 17.7. The Kier molecular flexibility index (Phi) is 5.44. The van der Waals surface area contributed by atoms with E-state index in [2.05, 4.69) is 31.1 Å². The molecule has 0 spiro atoms. The second-order valence-corrected chi connectivity index (χ2v) is 10.4. The van der Waals surface area contributed by atoms with Crippen LogP contribution in [0, 0.1) is 5.41 Å². The van der Waals surface area contributed by atoms with Gasteiger partial charge in [0.05, 0.1) is 30.5 Å². The van der Waals surface area contributed by atoms with Crippen molar-refractivity contribution in [1.29, 1.82) is 0 Å². The Bertz CT molecular complexity index is 1360. The fourth-order valence-electron chi connectivity index (χ4n) is 3.98. The van der Waals surface area contributed by atoms with Crippen molar-refractivity contribution in [2.24, 2.45) is 12.5 Å². The smallest absolute Gasteiger partial charge is 0.272 e. The molecule has 0 atom stereocenters. The highest BCUT2D eigenvalue weighted by Gasteiger charge is 2.32. The predicted molar refractivity (Wildman–Crippen MR) is 132 cm³/mol. The molecule has 0 aliphatic carbocycles. The lowest BCUT2D eigenvalue weighted by atomic mass is 9.96. The molecule has 4 aromatic rings. The maximum atomic E-state index is 13.2. The first-order chi connectivity index (χ1) is 16.2. The molecule has 0 bridgehead atoms. The van der Waals surface area contributed by atoms with Crippen LogP contribution in [-0.4, -0.2) is 38.9 Å². The van der Waals surface area contributed by atoms with Gasteiger partial charge in [0.1, 0.15) is 18.1 Å². The van der Waals surface area contributed by atoms with E-state index in [1.165, 1.54) is 0 Å². The fourth-order valence-corrected chi connectivity index (χ4v) is 4.59. The summed E-state index contributed by atoms with van der Waals surface area (Å²) in [6.45, 7) is 7.04. The number of methoxy groups -OCH3 is 1. The van der Waals surface area contributed by atoms with Gasteiger partial charge >= 0.3 is 0 Å². The van der Waals surface area contributed by atoms with E-state index in [0.29, 0.717) is 23.7 Å². The molecule has 8 nitrogen and oxygen atoms in total. The minimum Gasteiger partial charge on any atom is -0.496 e. The van der Waals surface area contributed by atoms with Crippen molar-refractivity contribution < 1.29 is 14.3 Å². The summed E-state index contributed by atoms with van der Waals surface area (Å²) < 4.78 is 15.5. The zero-order valence-corrected chi connectivity index (χ0v) is 20.7. The van der Waals surface area contributed by atoms with Gasteiger partial charge in [0, 0.05) is 47.9 Å². The number of amides is 1. The summed E-state index contributed by atoms with van der Waals surface area (Å²) >= 11 is 1.58. The third-order valence-electron chi connectivity index (χ3n) is 5.64. The summed E-state index contributed by atoms with van der Waals surface area (Å²) in [5.41, 5.74) is 5.33. The highest BCUT2D eigenvalue weighted by molar-refractivity contribution is 7.08. The zero-order valence-electron chi connectivity index (χ0n) is 19.9. The number of imidazole rings is 1. The topological polar surface area (TPSA) is 83.2 Å². The quantitative estimate of drug-likeness (QED) is 0.451. The first kappa shape index (κ1) is 22.2. The van der Waals surface area contributed by atoms with E-state index >= 15 is 0 Å². The van der Waals surface area contributed by atoms with Crippen LogP contribution in [-0.2, 0) is 13.7 Å². The third-order valence-corrected chi connectivity index (χ3v) is 6.31. The van der Waals surface area contributed by atoms with Crippen LogP contribution in [0.3, 0.4) is 0 Å². The molecule has 0 radical (unpaired) electrons. The average molecular weight is 478 g/mol. The Morgan fingerprint density at radius 1 is 1.29 bits per heavy atom. The molecule has 1 aromatic carbocycles. The molecule has 5 rings (SSSR count). The number of hydrogen-bond donors (Lipinski definition) is 1. The van der Waals surface area contributed by atoms with Crippen molar-refractivity contribution in [3.63, 3.8) is 0 Å². The molecule has 9 heteroatoms. The highest BCUT2D eigenvalue weighted by Crippen LogP contribution is 2.45. The van der Waals surface area contributed by atoms with Gasteiger partial charge in [-0.25, -0.2) is 9.67 Å². The van der Waals surface area contributed by atoms with Gasteiger partial charge in [-0.15, -0.1) is 0 Å². The van der Waals surface area contributed by atoms with Crippen molar-refractivity contribution >= 4 is 17.2 Å². The number of fused-ring (bicyclic) bond motifs is 3. The lowest BCUT2D eigenvalue weighted by Gasteiger charge is -2.22. The molecule has 176 valence electrons. The number of hydrogen-bond acceptors (Lipinski definition) is 6. The van der Waals surface area contributed by atoms with E-state index in [1.807, 2.05) is 51.5 Å². The Hall–Kier alpha value is -3.59. The lowest BCUT2D eigenvalue weighted by Crippen LogP contribution is -2.33. The van der Waals surface area contributed by atoms with E-state index < -0.39 is 0 Å². The molecular formula is C25H27N5O3S. The predicted octanol–water partition coefficient (Wildman–Crippen LogP) is 4.68. The van der Waals surface area contributed by atoms with Gasteiger partial charge in [-0.1, -0.05) is 20.8 Å². The average Bonchev–Trinajstić information content (AvgIpc) is 3.55. The van der Waals surface area contributed by atoms with Crippen LogP contribution < -0.4 is 14.8 Å². The van der Waals surface area contributed by atoms with Crippen LogP contribution in [0.15, 0.2) is 41.5 Å². The fraction of sp³-hybridized carbons (Fsp3) is 0.320. The molecule has 34 heavy (non-hydrogen) atoms. The Balaban J connectivity index is 1.68. The van der Waals surface area contributed by atoms with E-state index in [1.54, 1.807) is 24.8 Å². The normalized spacial score (nSPS) is 12.6. The Morgan fingerprint density at radius 2 is 2.12 bits per heavy atom. The van der Waals surface area contributed by atoms with Crippen molar-refractivity contribution in [2.45, 2.75) is 27.4 Å². The van der Waals surface area contributed by atoms with Gasteiger partial charge in [-0.3, -0.25) is 4.79 Å².